The van der Waals surface area contributed by atoms with Crippen molar-refractivity contribution in [3.05, 3.63) is 29.2 Å². The Bertz CT molecular complexity index is 750. The number of aromatic nitrogens is 2. The first-order chi connectivity index (χ1) is 11.0. The van der Waals surface area contributed by atoms with Crippen LogP contribution in [0.25, 0.3) is 10.8 Å². The van der Waals surface area contributed by atoms with E-state index in [4.69, 9.17) is 21.0 Å². The zero-order chi connectivity index (χ0) is 16.6. The van der Waals surface area contributed by atoms with E-state index in [0.717, 1.165) is 35.2 Å². The second kappa shape index (κ2) is 6.65. The van der Waals surface area contributed by atoms with Gasteiger partial charge in [0.05, 0.1) is 0 Å². The summed E-state index contributed by atoms with van der Waals surface area (Å²) in [7, 11) is -2.53. The molecule has 1 saturated heterocycles. The quantitative estimate of drug-likeness (QED) is 0.654. The maximum Gasteiger partial charge on any atom is 0.694 e. The molecule has 3 heterocycles. The van der Waals surface area contributed by atoms with Gasteiger partial charge in [-0.25, -0.2) is 9.97 Å². The first kappa shape index (κ1) is 16.5. The zero-order valence-corrected chi connectivity index (χ0v) is 14.6. The molecular formula is C15H18ClN3O3P+. The molecule has 23 heavy (non-hydrogen) atoms. The second-order valence-electron chi connectivity index (χ2n) is 6.05. The predicted octanol–water partition coefficient (Wildman–Crippen LogP) is 3.51. The molecule has 0 amide bonds. The molecule has 1 unspecified atom stereocenters. The minimum Gasteiger partial charge on any atom is -0.355 e. The van der Waals surface area contributed by atoms with E-state index >= 15 is 0 Å². The van der Waals surface area contributed by atoms with Crippen molar-refractivity contribution in [2.75, 3.05) is 24.6 Å². The lowest BCUT2D eigenvalue weighted by atomic mass is 9.97. The lowest BCUT2D eigenvalue weighted by Crippen LogP contribution is -2.49. The molecular weight excluding hydrogens is 337 g/mol. The van der Waals surface area contributed by atoms with Crippen molar-refractivity contribution >= 4 is 36.4 Å². The van der Waals surface area contributed by atoms with Crippen LogP contribution in [0.4, 0.5) is 5.82 Å². The average molecular weight is 355 g/mol. The molecule has 0 aliphatic carbocycles. The van der Waals surface area contributed by atoms with E-state index in [1.165, 1.54) is 0 Å². The van der Waals surface area contributed by atoms with E-state index in [1.807, 2.05) is 12.3 Å². The summed E-state index contributed by atoms with van der Waals surface area (Å²) in [6.07, 6.45) is 3.66. The van der Waals surface area contributed by atoms with Crippen LogP contribution in [-0.4, -0.2) is 34.6 Å². The summed E-state index contributed by atoms with van der Waals surface area (Å²) < 4.78 is 15.4. The fraction of sp³-hybridized carbons (Fsp3) is 0.467. The van der Waals surface area contributed by atoms with E-state index < -0.39 is 8.25 Å². The maximum absolute atomic E-state index is 10.6. The van der Waals surface area contributed by atoms with Crippen molar-refractivity contribution in [1.82, 2.24) is 9.97 Å². The molecule has 0 saturated carbocycles. The van der Waals surface area contributed by atoms with Crippen molar-refractivity contribution in [3.63, 3.8) is 0 Å². The summed E-state index contributed by atoms with van der Waals surface area (Å²) in [5.74, 6) is 1.46. The highest BCUT2D eigenvalue weighted by Crippen LogP contribution is 2.35. The largest absolute Gasteiger partial charge is 0.694 e. The lowest BCUT2D eigenvalue weighted by Gasteiger charge is -2.39. The van der Waals surface area contributed by atoms with Gasteiger partial charge in [0.25, 0.3) is 0 Å². The highest BCUT2D eigenvalue weighted by atomic mass is 35.5. The van der Waals surface area contributed by atoms with Gasteiger partial charge in [-0.15, -0.1) is 9.42 Å². The Morgan fingerprint density at radius 2 is 2.13 bits per heavy atom. The van der Waals surface area contributed by atoms with Gasteiger partial charge in [0.1, 0.15) is 17.6 Å². The minimum absolute atomic E-state index is 0.239. The first-order valence-corrected chi connectivity index (χ1v) is 8.94. The molecule has 2 aromatic heterocycles. The highest BCUT2D eigenvalue weighted by Gasteiger charge is 2.32. The van der Waals surface area contributed by atoms with Crippen LogP contribution < -0.4 is 4.90 Å². The van der Waals surface area contributed by atoms with Crippen LogP contribution in [0, 0.1) is 5.92 Å². The fourth-order valence-electron chi connectivity index (χ4n) is 2.85. The Kier molecular flexibility index (Phi) is 4.78. The molecule has 3 rings (SSSR count). The van der Waals surface area contributed by atoms with Gasteiger partial charge in [-0.3, -0.25) is 0 Å². The van der Waals surface area contributed by atoms with E-state index in [1.54, 1.807) is 6.20 Å². The van der Waals surface area contributed by atoms with Crippen molar-refractivity contribution in [2.24, 2.45) is 5.92 Å². The predicted molar refractivity (Wildman–Crippen MR) is 90.1 cm³/mol. The number of nitrogens with zero attached hydrogens (tertiary/aromatic N) is 3. The summed E-state index contributed by atoms with van der Waals surface area (Å²) in [5, 5.41) is 2.52. The molecule has 6 nitrogen and oxygen atoms in total. The molecule has 1 atom stereocenters. The van der Waals surface area contributed by atoms with E-state index in [-0.39, 0.29) is 12.5 Å². The minimum atomic E-state index is -2.53. The summed E-state index contributed by atoms with van der Waals surface area (Å²) in [6.45, 7) is 6.02. The van der Waals surface area contributed by atoms with Crippen molar-refractivity contribution in [3.8, 4) is 0 Å². The Hall–Kier alpha value is -1.33. The topological polar surface area (TPSA) is 75.6 Å². The van der Waals surface area contributed by atoms with Crippen LogP contribution >= 0.6 is 19.9 Å². The third-order valence-corrected chi connectivity index (χ3v) is 4.62. The maximum atomic E-state index is 10.6. The number of rotatable bonds is 5. The molecule has 122 valence electrons. The number of hydrogen-bond donors (Lipinski definition) is 1. The normalized spacial score (nSPS) is 16.0. The van der Waals surface area contributed by atoms with Crippen molar-refractivity contribution in [1.29, 1.82) is 0 Å². The third kappa shape index (κ3) is 3.45. The number of hydrogen-bond acceptors (Lipinski definition) is 5. The number of anilines is 1. The second-order valence-corrected chi connectivity index (χ2v) is 7.17. The van der Waals surface area contributed by atoms with Crippen molar-refractivity contribution < 1.29 is 14.0 Å². The SMILES string of the molecule is CC(C)c1cnc(N2CC(CO[P+](=O)O)C2)c2cnc(Cl)cc12. The standard InChI is InChI=1S/C15H17ClN3O3P/c1-9(2)12-4-18-15(13-5-17-14(16)3-11(12)13)19-6-10(7-19)8-22-23(20)21/h3-5,9-10H,6-8H2,1-2H3/p+1. The van der Waals surface area contributed by atoms with Crippen molar-refractivity contribution in [2.45, 2.75) is 19.8 Å². The van der Waals surface area contributed by atoms with Crippen LogP contribution in [0.15, 0.2) is 18.5 Å². The Labute approximate surface area is 140 Å². The van der Waals surface area contributed by atoms with E-state index in [0.29, 0.717) is 11.1 Å². The molecule has 1 aliphatic heterocycles. The molecule has 0 radical (unpaired) electrons. The van der Waals surface area contributed by atoms with Gasteiger partial charge in [-0.05, 0) is 22.9 Å². The fourth-order valence-corrected chi connectivity index (χ4v) is 3.34. The van der Waals surface area contributed by atoms with Gasteiger partial charge >= 0.3 is 8.25 Å². The molecule has 0 spiro atoms. The van der Waals surface area contributed by atoms with E-state index in [2.05, 4.69) is 28.7 Å². The Morgan fingerprint density at radius 3 is 2.78 bits per heavy atom. The van der Waals surface area contributed by atoms with E-state index in [9.17, 15) is 4.57 Å². The molecule has 0 bridgehead atoms. The summed E-state index contributed by atoms with van der Waals surface area (Å²) >= 11 is 6.06. The highest BCUT2D eigenvalue weighted by molar-refractivity contribution is 7.32. The van der Waals surface area contributed by atoms with Gasteiger partial charge in [-0.1, -0.05) is 25.4 Å². The van der Waals surface area contributed by atoms with Crippen LogP contribution in [0.2, 0.25) is 5.15 Å². The van der Waals surface area contributed by atoms with Gasteiger partial charge in [-0.2, -0.15) is 0 Å². The number of fused-ring (bicyclic) bond motifs is 1. The van der Waals surface area contributed by atoms with Crippen LogP contribution in [-0.2, 0) is 9.09 Å². The number of halogens is 1. The molecule has 1 aliphatic rings. The van der Waals surface area contributed by atoms with Gasteiger partial charge in [0, 0.05) is 41.4 Å². The summed E-state index contributed by atoms with van der Waals surface area (Å²) in [4.78, 5) is 19.6. The smallest absolute Gasteiger partial charge is 0.355 e. The number of pyridine rings is 2. The third-order valence-electron chi connectivity index (χ3n) is 4.05. The van der Waals surface area contributed by atoms with Crippen LogP contribution in [0.3, 0.4) is 0 Å². The zero-order valence-electron chi connectivity index (χ0n) is 12.9. The summed E-state index contributed by atoms with van der Waals surface area (Å²) in [6, 6.07) is 1.88. The molecule has 1 N–H and O–H groups in total. The van der Waals surface area contributed by atoms with Gasteiger partial charge < -0.3 is 4.90 Å². The monoisotopic (exact) mass is 354 g/mol. The molecule has 2 aromatic rings. The lowest BCUT2D eigenvalue weighted by molar-refractivity contribution is 0.207. The van der Waals surface area contributed by atoms with Gasteiger partial charge in [0.2, 0.25) is 0 Å². The average Bonchev–Trinajstić information content (AvgIpc) is 2.44. The Morgan fingerprint density at radius 1 is 1.39 bits per heavy atom. The molecule has 1 fully saturated rings. The van der Waals surface area contributed by atoms with Gasteiger partial charge in [0.15, 0.2) is 0 Å². The first-order valence-electron chi connectivity index (χ1n) is 7.44. The van der Waals surface area contributed by atoms with Crippen LogP contribution in [0.5, 0.6) is 0 Å². The summed E-state index contributed by atoms with van der Waals surface area (Å²) in [5.41, 5.74) is 1.14. The van der Waals surface area contributed by atoms with Crippen LogP contribution in [0.1, 0.15) is 25.3 Å². The molecule has 0 aromatic carbocycles. The Balaban J connectivity index is 1.86. The molecule has 8 heteroatoms.